The number of hydrogen-bond donors (Lipinski definition) is 1. The first-order valence-corrected chi connectivity index (χ1v) is 7.88. The van der Waals surface area contributed by atoms with E-state index in [0.29, 0.717) is 5.75 Å². The number of phenolic OH excluding ortho intramolecular Hbond substituents is 1. The fraction of sp³-hybridized carbons (Fsp3) is 0.529. The Balaban J connectivity index is 0.00000144. The molecular formula is C17H22ClNO3. The van der Waals surface area contributed by atoms with Gasteiger partial charge in [-0.15, -0.1) is 12.4 Å². The number of furan rings is 1. The molecule has 1 aliphatic heterocycles. The first-order chi connectivity index (χ1) is 10.3. The van der Waals surface area contributed by atoms with Crippen molar-refractivity contribution in [2.24, 2.45) is 0 Å². The van der Waals surface area contributed by atoms with Gasteiger partial charge in [-0.25, -0.2) is 0 Å². The summed E-state index contributed by atoms with van der Waals surface area (Å²) in [4.78, 5) is 2.35. The average Bonchev–Trinajstić information content (AvgIpc) is 2.90. The number of aromatic hydroxyl groups is 1. The highest BCUT2D eigenvalue weighted by molar-refractivity contribution is 5.88. The number of fused-ring (bicyclic) bond motifs is 3. The van der Waals surface area contributed by atoms with Crippen LogP contribution < -0.4 is 0 Å². The van der Waals surface area contributed by atoms with Gasteiger partial charge < -0.3 is 14.3 Å². The highest BCUT2D eigenvalue weighted by atomic mass is 35.5. The zero-order chi connectivity index (χ0) is 14.2. The van der Waals surface area contributed by atoms with E-state index in [1.807, 2.05) is 6.07 Å². The first-order valence-electron chi connectivity index (χ1n) is 7.88. The minimum absolute atomic E-state index is 0. The number of phenols is 1. The zero-order valence-corrected chi connectivity index (χ0v) is 13.5. The van der Waals surface area contributed by atoms with E-state index in [1.165, 1.54) is 18.4 Å². The summed E-state index contributed by atoms with van der Waals surface area (Å²) in [6.07, 6.45) is 4.52. The maximum Gasteiger partial charge on any atom is 0.135 e. The van der Waals surface area contributed by atoms with Crippen molar-refractivity contribution in [2.75, 3.05) is 26.3 Å². The van der Waals surface area contributed by atoms with Gasteiger partial charge in [0.2, 0.25) is 0 Å². The molecule has 0 spiro atoms. The molecule has 0 radical (unpaired) electrons. The van der Waals surface area contributed by atoms with E-state index in [9.17, 15) is 5.11 Å². The molecule has 5 heteroatoms. The number of morpholine rings is 1. The monoisotopic (exact) mass is 323 g/mol. The molecule has 1 saturated heterocycles. The minimum Gasteiger partial charge on any atom is -0.508 e. The van der Waals surface area contributed by atoms with Crippen LogP contribution in [0.1, 0.15) is 29.7 Å². The maximum atomic E-state index is 10.4. The summed E-state index contributed by atoms with van der Waals surface area (Å²) < 4.78 is 11.4. The average molecular weight is 324 g/mol. The highest BCUT2D eigenvalue weighted by Gasteiger charge is 2.23. The number of benzene rings is 1. The van der Waals surface area contributed by atoms with Crippen molar-refractivity contribution in [3.8, 4) is 5.75 Å². The summed E-state index contributed by atoms with van der Waals surface area (Å²) in [5, 5.41) is 11.5. The zero-order valence-electron chi connectivity index (χ0n) is 12.6. The van der Waals surface area contributed by atoms with Crippen LogP contribution in [0.2, 0.25) is 0 Å². The van der Waals surface area contributed by atoms with E-state index >= 15 is 0 Å². The van der Waals surface area contributed by atoms with E-state index < -0.39 is 0 Å². The van der Waals surface area contributed by atoms with Gasteiger partial charge in [0.25, 0.3) is 0 Å². The predicted octanol–water partition coefficient (Wildman–Crippen LogP) is 3.27. The van der Waals surface area contributed by atoms with Crippen LogP contribution in [0, 0.1) is 0 Å². The van der Waals surface area contributed by atoms with Crippen molar-refractivity contribution in [1.82, 2.24) is 4.90 Å². The highest BCUT2D eigenvalue weighted by Crippen LogP contribution is 2.38. The smallest absolute Gasteiger partial charge is 0.135 e. The molecule has 0 amide bonds. The molecule has 22 heavy (non-hydrogen) atoms. The third-order valence-electron chi connectivity index (χ3n) is 4.69. The fourth-order valence-corrected chi connectivity index (χ4v) is 3.56. The summed E-state index contributed by atoms with van der Waals surface area (Å²) in [6, 6.07) is 3.68. The Kier molecular flexibility index (Phi) is 4.62. The van der Waals surface area contributed by atoms with E-state index in [2.05, 4.69) is 4.90 Å². The molecule has 2 heterocycles. The summed E-state index contributed by atoms with van der Waals surface area (Å²) >= 11 is 0. The lowest BCUT2D eigenvalue weighted by atomic mass is 9.93. The predicted molar refractivity (Wildman–Crippen MR) is 87.9 cm³/mol. The Morgan fingerprint density at radius 3 is 2.68 bits per heavy atom. The second-order valence-electron chi connectivity index (χ2n) is 6.04. The Bertz CT molecular complexity index is 661. The Morgan fingerprint density at radius 2 is 1.86 bits per heavy atom. The number of ether oxygens (including phenoxy) is 1. The largest absolute Gasteiger partial charge is 0.508 e. The lowest BCUT2D eigenvalue weighted by Crippen LogP contribution is -2.35. The molecule has 2 aliphatic rings. The maximum absolute atomic E-state index is 10.4. The lowest BCUT2D eigenvalue weighted by molar-refractivity contribution is 0.0341. The van der Waals surface area contributed by atoms with Crippen LogP contribution in [0.15, 0.2) is 16.5 Å². The molecule has 0 bridgehead atoms. The van der Waals surface area contributed by atoms with Gasteiger partial charge in [-0.2, -0.15) is 0 Å². The van der Waals surface area contributed by atoms with Gasteiger partial charge in [-0.1, -0.05) is 0 Å². The molecule has 0 atom stereocenters. The number of aryl methyl sites for hydroxylation is 2. The Hall–Kier alpha value is -1.23. The van der Waals surface area contributed by atoms with E-state index in [4.69, 9.17) is 9.15 Å². The second-order valence-corrected chi connectivity index (χ2v) is 6.04. The van der Waals surface area contributed by atoms with Crippen LogP contribution in [0.25, 0.3) is 11.0 Å². The molecule has 120 valence electrons. The van der Waals surface area contributed by atoms with Gasteiger partial charge >= 0.3 is 0 Å². The number of halogens is 1. The van der Waals surface area contributed by atoms with Gasteiger partial charge in [0.05, 0.1) is 13.2 Å². The van der Waals surface area contributed by atoms with Crippen molar-refractivity contribution in [2.45, 2.75) is 32.2 Å². The SMILES string of the molecule is Cl.Oc1ccc2oc3c(c2c1CN1CCOCC1)CCCC3. The van der Waals surface area contributed by atoms with E-state index in [0.717, 1.165) is 68.0 Å². The van der Waals surface area contributed by atoms with Gasteiger partial charge in [0.15, 0.2) is 0 Å². The van der Waals surface area contributed by atoms with Crippen LogP contribution in [0.5, 0.6) is 5.75 Å². The molecule has 4 rings (SSSR count). The lowest BCUT2D eigenvalue weighted by Gasteiger charge is -2.27. The Morgan fingerprint density at radius 1 is 1.09 bits per heavy atom. The molecule has 2 aromatic rings. The normalized spacial score (nSPS) is 18.9. The molecule has 1 fully saturated rings. The van der Waals surface area contributed by atoms with Crippen molar-refractivity contribution in [3.05, 3.63) is 29.0 Å². The molecule has 1 aromatic heterocycles. The van der Waals surface area contributed by atoms with Crippen molar-refractivity contribution in [3.63, 3.8) is 0 Å². The van der Waals surface area contributed by atoms with Crippen molar-refractivity contribution >= 4 is 23.4 Å². The molecule has 0 saturated carbocycles. The number of hydrogen-bond acceptors (Lipinski definition) is 4. The van der Waals surface area contributed by atoms with Crippen LogP contribution in [0.4, 0.5) is 0 Å². The minimum atomic E-state index is 0. The van der Waals surface area contributed by atoms with E-state index in [1.54, 1.807) is 6.07 Å². The van der Waals surface area contributed by atoms with E-state index in [-0.39, 0.29) is 12.4 Å². The molecule has 1 N–H and O–H groups in total. The standard InChI is InChI=1S/C17H21NO3.ClH/c19-14-5-6-16-17(12-3-1-2-4-15(12)21-16)13(14)11-18-7-9-20-10-8-18;/h5-6,19H,1-4,7-11H2;1H. The molecule has 4 nitrogen and oxygen atoms in total. The van der Waals surface area contributed by atoms with Gasteiger partial charge in [0.1, 0.15) is 17.1 Å². The Labute approximate surface area is 136 Å². The quantitative estimate of drug-likeness (QED) is 0.921. The van der Waals surface area contributed by atoms with Crippen molar-refractivity contribution < 1.29 is 14.3 Å². The fourth-order valence-electron chi connectivity index (χ4n) is 3.56. The number of nitrogens with zero attached hydrogens (tertiary/aromatic N) is 1. The first kappa shape index (κ1) is 15.7. The van der Waals surface area contributed by atoms with Gasteiger partial charge in [-0.05, 0) is 31.4 Å². The van der Waals surface area contributed by atoms with Crippen LogP contribution in [-0.2, 0) is 24.1 Å². The van der Waals surface area contributed by atoms with Gasteiger partial charge in [-0.3, -0.25) is 4.90 Å². The summed E-state index contributed by atoms with van der Waals surface area (Å²) in [6.45, 7) is 4.19. The number of rotatable bonds is 2. The second kappa shape index (κ2) is 6.49. The molecule has 0 unspecified atom stereocenters. The third kappa shape index (κ3) is 2.71. The summed E-state index contributed by atoms with van der Waals surface area (Å²) in [7, 11) is 0. The van der Waals surface area contributed by atoms with Crippen LogP contribution in [0.3, 0.4) is 0 Å². The van der Waals surface area contributed by atoms with Crippen LogP contribution in [-0.4, -0.2) is 36.3 Å². The topological polar surface area (TPSA) is 45.8 Å². The molecule has 1 aromatic carbocycles. The molecule has 1 aliphatic carbocycles. The summed E-state index contributed by atoms with van der Waals surface area (Å²) in [5.41, 5.74) is 3.29. The summed E-state index contributed by atoms with van der Waals surface area (Å²) in [5.74, 6) is 1.52. The third-order valence-corrected chi connectivity index (χ3v) is 4.69. The van der Waals surface area contributed by atoms with Crippen LogP contribution >= 0.6 is 12.4 Å². The molecular weight excluding hydrogens is 302 g/mol. The van der Waals surface area contributed by atoms with Gasteiger partial charge in [0, 0.05) is 42.6 Å². The van der Waals surface area contributed by atoms with Crippen molar-refractivity contribution in [1.29, 1.82) is 0 Å².